The van der Waals surface area contributed by atoms with Crippen molar-refractivity contribution in [1.82, 2.24) is 10.2 Å². The Morgan fingerprint density at radius 2 is 1.52 bits per heavy atom. The number of nitrogens with one attached hydrogen (secondary N) is 1. The van der Waals surface area contributed by atoms with Gasteiger partial charge in [-0.25, -0.2) is 0 Å². The highest BCUT2D eigenvalue weighted by Gasteiger charge is 2.52. The van der Waals surface area contributed by atoms with E-state index in [2.05, 4.69) is 5.32 Å². The lowest BCUT2D eigenvalue weighted by Gasteiger charge is -2.32. The Balaban J connectivity index is 1.97. The third-order valence-electron chi connectivity index (χ3n) is 5.67. The fourth-order valence-corrected chi connectivity index (χ4v) is 3.28. The Kier molecular flexibility index (Phi) is 5.43. The van der Waals surface area contributed by atoms with Crippen molar-refractivity contribution in [3.05, 3.63) is 17.7 Å². The number of carbonyl (C=O) groups excluding carboxylic acids is 1. The zero-order valence-electron chi connectivity index (χ0n) is 17.0. The topological polar surface area (TPSA) is 69.3 Å². The van der Waals surface area contributed by atoms with E-state index in [1.165, 1.54) is 0 Å². The highest BCUT2D eigenvalue weighted by atomic mass is 16.7. The van der Waals surface area contributed by atoms with Crippen molar-refractivity contribution in [2.45, 2.75) is 38.9 Å². The average molecular weight is 376 g/mol. The molecule has 3 rings (SSSR count). The molecule has 0 radical (unpaired) electrons. The van der Waals surface area contributed by atoms with E-state index in [1.54, 1.807) is 26.4 Å². The van der Waals surface area contributed by atoms with Crippen LogP contribution in [0.5, 0.6) is 11.5 Å². The molecule has 0 aliphatic carbocycles. The minimum Gasteiger partial charge on any atom is -0.496 e. The maximum absolute atomic E-state index is 13.1. The quantitative estimate of drug-likeness (QED) is 0.793. The lowest BCUT2D eigenvalue weighted by Crippen LogP contribution is -2.46. The number of benzene rings is 1. The van der Waals surface area contributed by atoms with Crippen LogP contribution < -0.4 is 20.3 Å². The minimum absolute atomic E-state index is 0.0920. The smallest absolute Gasteiger partial charge is 0.495 e. The van der Waals surface area contributed by atoms with Crippen molar-refractivity contribution in [1.29, 1.82) is 0 Å². The van der Waals surface area contributed by atoms with E-state index in [1.807, 2.05) is 32.6 Å². The molecule has 1 aromatic rings. The second-order valence-corrected chi connectivity index (χ2v) is 7.93. The van der Waals surface area contributed by atoms with Gasteiger partial charge >= 0.3 is 7.12 Å². The predicted octanol–water partition coefficient (Wildman–Crippen LogP) is 1.05. The molecule has 2 heterocycles. The van der Waals surface area contributed by atoms with Crippen LogP contribution in [0.3, 0.4) is 0 Å². The van der Waals surface area contributed by atoms with Gasteiger partial charge in [-0.15, -0.1) is 0 Å². The van der Waals surface area contributed by atoms with Crippen LogP contribution in [0.25, 0.3) is 0 Å². The monoisotopic (exact) mass is 376 g/mol. The molecule has 0 atom stereocenters. The van der Waals surface area contributed by atoms with Gasteiger partial charge in [0.25, 0.3) is 5.91 Å². The highest BCUT2D eigenvalue weighted by molar-refractivity contribution is 6.62. The molecule has 1 amide bonds. The van der Waals surface area contributed by atoms with Crippen LogP contribution in [0, 0.1) is 0 Å². The maximum atomic E-state index is 13.1. The van der Waals surface area contributed by atoms with Gasteiger partial charge in [0.05, 0.1) is 25.4 Å². The summed E-state index contributed by atoms with van der Waals surface area (Å²) in [7, 11) is 2.55. The Labute approximate surface area is 161 Å². The van der Waals surface area contributed by atoms with Gasteiger partial charge in [-0.3, -0.25) is 4.79 Å². The number of rotatable bonds is 4. The van der Waals surface area contributed by atoms with Crippen molar-refractivity contribution in [3.63, 3.8) is 0 Å². The lowest BCUT2D eigenvalue weighted by atomic mass is 9.78. The first-order chi connectivity index (χ1) is 12.7. The second kappa shape index (κ2) is 7.33. The zero-order valence-corrected chi connectivity index (χ0v) is 17.0. The standard InChI is InChI=1S/C19H29BN2O5/c1-18(2)19(3,4)27-20(26-18)13-11-14(24-5)16(15(12-13)25-6)17(23)22-9-7-21-8-10-22/h11-12,21H,7-10H2,1-6H3. The van der Waals surface area contributed by atoms with Gasteiger partial charge in [0, 0.05) is 26.2 Å². The molecule has 2 aliphatic heterocycles. The molecule has 8 heteroatoms. The van der Waals surface area contributed by atoms with Gasteiger partial charge in [-0.2, -0.15) is 0 Å². The summed E-state index contributed by atoms with van der Waals surface area (Å²) in [5.74, 6) is 0.829. The Bertz CT molecular complexity index is 675. The van der Waals surface area contributed by atoms with E-state index in [4.69, 9.17) is 18.8 Å². The van der Waals surface area contributed by atoms with E-state index < -0.39 is 18.3 Å². The summed E-state index contributed by atoms with van der Waals surface area (Å²) in [4.78, 5) is 14.9. The van der Waals surface area contributed by atoms with Gasteiger partial charge in [0.2, 0.25) is 0 Å². The Morgan fingerprint density at radius 1 is 1.04 bits per heavy atom. The molecule has 0 aromatic heterocycles. The number of hydrogen-bond acceptors (Lipinski definition) is 6. The molecule has 27 heavy (non-hydrogen) atoms. The molecule has 0 saturated carbocycles. The number of amides is 1. The van der Waals surface area contributed by atoms with Crippen LogP contribution in [-0.4, -0.2) is 69.5 Å². The second-order valence-electron chi connectivity index (χ2n) is 7.93. The van der Waals surface area contributed by atoms with E-state index in [-0.39, 0.29) is 5.91 Å². The largest absolute Gasteiger partial charge is 0.496 e. The SMILES string of the molecule is COc1cc(B2OC(C)(C)C(C)(C)O2)cc(OC)c1C(=O)N1CCNCC1. The normalized spacial score (nSPS) is 21.3. The molecule has 1 N–H and O–H groups in total. The van der Waals surface area contributed by atoms with Crippen LogP contribution in [-0.2, 0) is 9.31 Å². The Hall–Kier alpha value is -1.77. The van der Waals surface area contributed by atoms with Gasteiger partial charge < -0.3 is 29.0 Å². The van der Waals surface area contributed by atoms with Crippen LogP contribution >= 0.6 is 0 Å². The third-order valence-corrected chi connectivity index (χ3v) is 5.67. The van der Waals surface area contributed by atoms with Crippen molar-refractivity contribution >= 4 is 18.5 Å². The van der Waals surface area contributed by atoms with Crippen molar-refractivity contribution in [2.24, 2.45) is 0 Å². The summed E-state index contributed by atoms with van der Waals surface area (Å²) in [5, 5.41) is 3.25. The Morgan fingerprint density at radius 3 is 1.96 bits per heavy atom. The molecule has 0 bridgehead atoms. The van der Waals surface area contributed by atoms with Crippen LogP contribution in [0.4, 0.5) is 0 Å². The summed E-state index contributed by atoms with van der Waals surface area (Å²) in [6.07, 6.45) is 0. The fourth-order valence-electron chi connectivity index (χ4n) is 3.28. The van der Waals surface area contributed by atoms with Crippen molar-refractivity contribution < 1.29 is 23.6 Å². The molecule has 0 spiro atoms. The van der Waals surface area contributed by atoms with Crippen LogP contribution in [0.15, 0.2) is 12.1 Å². The van der Waals surface area contributed by atoms with Crippen molar-refractivity contribution in [2.75, 3.05) is 40.4 Å². The maximum Gasteiger partial charge on any atom is 0.495 e. The number of hydrogen-bond donors (Lipinski definition) is 1. The number of carbonyl (C=O) groups is 1. The first-order valence-corrected chi connectivity index (χ1v) is 9.32. The molecular weight excluding hydrogens is 347 g/mol. The van der Waals surface area contributed by atoms with Crippen LogP contribution in [0.1, 0.15) is 38.1 Å². The van der Waals surface area contributed by atoms with E-state index in [0.29, 0.717) is 30.2 Å². The molecule has 148 valence electrons. The third kappa shape index (κ3) is 3.66. The first kappa shape index (κ1) is 20.0. The summed E-state index contributed by atoms with van der Waals surface area (Å²) in [6, 6.07) is 3.61. The molecule has 2 saturated heterocycles. The molecule has 1 aromatic carbocycles. The van der Waals surface area contributed by atoms with Gasteiger partial charge in [-0.05, 0) is 45.3 Å². The molecule has 7 nitrogen and oxygen atoms in total. The molecule has 0 unspecified atom stereocenters. The van der Waals surface area contributed by atoms with E-state index in [9.17, 15) is 4.79 Å². The zero-order chi connectivity index (χ0) is 19.8. The van der Waals surface area contributed by atoms with Gasteiger partial charge in [0.15, 0.2) is 0 Å². The summed E-state index contributed by atoms with van der Waals surface area (Å²) >= 11 is 0. The summed E-state index contributed by atoms with van der Waals surface area (Å²) in [5.41, 5.74) is 0.294. The number of nitrogens with zero attached hydrogens (tertiary/aromatic N) is 1. The van der Waals surface area contributed by atoms with E-state index in [0.717, 1.165) is 18.6 Å². The van der Waals surface area contributed by atoms with Crippen molar-refractivity contribution in [3.8, 4) is 11.5 Å². The number of piperazine rings is 1. The van der Waals surface area contributed by atoms with Gasteiger partial charge in [0.1, 0.15) is 17.1 Å². The first-order valence-electron chi connectivity index (χ1n) is 9.32. The summed E-state index contributed by atoms with van der Waals surface area (Å²) < 4.78 is 23.4. The minimum atomic E-state index is -0.555. The number of ether oxygens (including phenoxy) is 2. The number of methoxy groups -OCH3 is 2. The van der Waals surface area contributed by atoms with E-state index >= 15 is 0 Å². The van der Waals surface area contributed by atoms with Crippen LogP contribution in [0.2, 0.25) is 0 Å². The molecule has 2 aliphatic rings. The van der Waals surface area contributed by atoms with Gasteiger partial charge in [-0.1, -0.05) is 0 Å². The molecule has 2 fully saturated rings. The fraction of sp³-hybridized carbons (Fsp3) is 0.632. The highest BCUT2D eigenvalue weighted by Crippen LogP contribution is 2.37. The lowest BCUT2D eigenvalue weighted by molar-refractivity contribution is 0.00578. The average Bonchev–Trinajstić information content (AvgIpc) is 2.88. The summed E-state index contributed by atoms with van der Waals surface area (Å²) in [6.45, 7) is 10.9. The molecular formula is C19H29BN2O5. The predicted molar refractivity (Wildman–Crippen MR) is 104 cm³/mol.